The summed E-state index contributed by atoms with van der Waals surface area (Å²) >= 11 is 1.01. The van der Waals surface area contributed by atoms with Gasteiger partial charge in [-0.25, -0.2) is 9.82 Å². The van der Waals surface area contributed by atoms with E-state index in [2.05, 4.69) is 20.6 Å². The molecule has 1 atom stereocenters. The zero-order valence-electron chi connectivity index (χ0n) is 17.4. The van der Waals surface area contributed by atoms with Crippen LogP contribution in [0.4, 0.5) is 17.6 Å². The predicted octanol–water partition coefficient (Wildman–Crippen LogP) is 4.75. The van der Waals surface area contributed by atoms with Gasteiger partial charge < -0.3 is 9.47 Å². The normalized spacial score (nSPS) is 18.2. The molecule has 0 fully saturated rings. The predicted molar refractivity (Wildman–Crippen MR) is 113 cm³/mol. The maximum Gasteiger partial charge on any atom is 0.573 e. The first-order chi connectivity index (χ1) is 15.0. The van der Waals surface area contributed by atoms with Crippen LogP contribution in [0.15, 0.2) is 47.6 Å². The maximum atomic E-state index is 14.5. The fourth-order valence-corrected chi connectivity index (χ4v) is 4.11. The number of carbonyl (C=O) groups excluding carboxylic acids is 1. The smallest absolute Gasteiger partial charge is 0.440 e. The van der Waals surface area contributed by atoms with Crippen molar-refractivity contribution in [3.8, 4) is 11.5 Å². The number of halogens is 4. The van der Waals surface area contributed by atoms with Crippen molar-refractivity contribution in [1.82, 2.24) is 10.7 Å². The third-order valence-electron chi connectivity index (χ3n) is 4.17. The van der Waals surface area contributed by atoms with E-state index in [0.717, 1.165) is 23.9 Å². The van der Waals surface area contributed by atoms with Crippen molar-refractivity contribution < 1.29 is 31.8 Å². The van der Waals surface area contributed by atoms with Gasteiger partial charge in [0.05, 0.1) is 0 Å². The first-order valence-corrected chi connectivity index (χ1v) is 10.4. The monoisotopic (exact) mass is 471 g/mol. The van der Waals surface area contributed by atoms with E-state index in [1.807, 2.05) is 13.8 Å². The Bertz CT molecular complexity index is 1010. The van der Waals surface area contributed by atoms with Crippen LogP contribution in [0.2, 0.25) is 0 Å². The molecule has 1 aliphatic rings. The summed E-state index contributed by atoms with van der Waals surface area (Å²) in [5, 5.41) is 5.66. The lowest BCUT2D eigenvalue weighted by atomic mass is 9.98. The number of benzene rings is 2. The van der Waals surface area contributed by atoms with Crippen LogP contribution in [0.5, 0.6) is 11.5 Å². The Kier molecular flexibility index (Phi) is 6.87. The molecule has 0 aliphatic carbocycles. The van der Waals surface area contributed by atoms with E-state index in [0.29, 0.717) is 22.6 Å². The van der Waals surface area contributed by atoms with Gasteiger partial charge in [-0.2, -0.15) is 5.10 Å². The van der Waals surface area contributed by atoms with Gasteiger partial charge in [-0.15, -0.1) is 13.2 Å². The summed E-state index contributed by atoms with van der Waals surface area (Å²) in [6.45, 7) is 5.21. The van der Waals surface area contributed by atoms with Gasteiger partial charge in [-0.05, 0) is 60.0 Å². The van der Waals surface area contributed by atoms with E-state index in [1.54, 1.807) is 12.1 Å². The average molecular weight is 471 g/mol. The zero-order chi connectivity index (χ0) is 23.5. The van der Waals surface area contributed by atoms with Crippen LogP contribution < -0.4 is 20.2 Å². The van der Waals surface area contributed by atoms with Crippen molar-refractivity contribution in [1.29, 1.82) is 0 Å². The average Bonchev–Trinajstić information content (AvgIpc) is 3.06. The van der Waals surface area contributed by atoms with E-state index in [4.69, 9.17) is 4.74 Å². The van der Waals surface area contributed by atoms with E-state index >= 15 is 0 Å². The molecular formula is C21H21F4N3O3S. The van der Waals surface area contributed by atoms with Crippen molar-refractivity contribution >= 4 is 22.7 Å². The summed E-state index contributed by atoms with van der Waals surface area (Å²) in [7, 11) is 0. The third kappa shape index (κ3) is 6.06. The van der Waals surface area contributed by atoms with Crippen molar-refractivity contribution in [2.75, 3.05) is 0 Å². The Morgan fingerprint density at radius 2 is 1.84 bits per heavy atom. The lowest BCUT2D eigenvalue weighted by Gasteiger charge is -2.28. The van der Waals surface area contributed by atoms with Crippen molar-refractivity contribution in [3.05, 3.63) is 59.4 Å². The molecule has 172 valence electrons. The fourth-order valence-electron chi connectivity index (χ4n) is 3.03. The molecule has 3 rings (SSSR count). The van der Waals surface area contributed by atoms with Crippen molar-refractivity contribution in [2.45, 2.75) is 38.7 Å². The highest BCUT2D eigenvalue weighted by atomic mass is 32.2. The number of nitrogens with zero attached hydrogens (tertiary/aromatic N) is 1. The van der Waals surface area contributed by atoms with E-state index in [-0.39, 0.29) is 17.5 Å². The lowest BCUT2D eigenvalue weighted by molar-refractivity contribution is -0.274. The number of hydrazone groups is 1. The molecule has 1 aliphatic heterocycles. The number of amides is 1. The number of hydrogen-bond donors (Lipinski definition) is 2. The molecule has 0 radical (unpaired) electrons. The Morgan fingerprint density at radius 3 is 2.44 bits per heavy atom. The quantitative estimate of drug-likeness (QED) is 0.451. The number of alkyl halides is 3. The molecule has 2 N–H and O–H groups in total. The SMILES string of the molecule is CC(=O)NC1(Oc2ccc(OC(F)(F)F)cc2)NN=C(c2cccc(F)c2CC(C)C)S1. The van der Waals surface area contributed by atoms with Crippen LogP contribution in [0, 0.1) is 11.7 Å². The summed E-state index contributed by atoms with van der Waals surface area (Å²) in [6, 6.07) is 9.35. The molecule has 1 unspecified atom stereocenters. The largest absolute Gasteiger partial charge is 0.573 e. The molecule has 1 amide bonds. The minimum absolute atomic E-state index is 0.145. The standard InChI is InChI=1S/C21H21F4N3O3S/c1-12(2)11-17-16(5-4-6-18(17)22)19-27-28-21(32-19,26-13(3)29)31-15-9-7-14(8-10-15)30-20(23,24)25/h4-10,12,28H,11H2,1-3H3,(H,26,29). The highest BCUT2D eigenvalue weighted by molar-refractivity contribution is 8.15. The molecule has 0 aromatic heterocycles. The topological polar surface area (TPSA) is 72.0 Å². The van der Waals surface area contributed by atoms with Gasteiger partial charge in [0, 0.05) is 12.5 Å². The van der Waals surface area contributed by atoms with Gasteiger partial charge in [0.25, 0.3) is 0 Å². The van der Waals surface area contributed by atoms with Crippen LogP contribution >= 0.6 is 11.8 Å². The first-order valence-electron chi connectivity index (χ1n) is 9.61. The maximum absolute atomic E-state index is 14.5. The molecule has 2 aromatic carbocycles. The number of carbonyl (C=O) groups is 1. The van der Waals surface area contributed by atoms with Gasteiger partial charge in [0.1, 0.15) is 22.4 Å². The number of nitrogens with one attached hydrogen (secondary N) is 2. The molecule has 2 aromatic rings. The molecule has 1 heterocycles. The zero-order valence-corrected chi connectivity index (χ0v) is 18.2. The third-order valence-corrected chi connectivity index (χ3v) is 5.23. The number of ether oxygens (including phenoxy) is 2. The number of hydrogen-bond acceptors (Lipinski definition) is 6. The minimum atomic E-state index is -4.82. The summed E-state index contributed by atoms with van der Waals surface area (Å²) in [6.07, 6.45) is -4.33. The summed E-state index contributed by atoms with van der Waals surface area (Å²) in [4.78, 5) is 11.8. The molecule has 0 spiro atoms. The Balaban J connectivity index is 1.84. The molecular weight excluding hydrogens is 450 g/mol. The minimum Gasteiger partial charge on any atom is -0.440 e. The molecule has 0 saturated carbocycles. The second-order valence-electron chi connectivity index (χ2n) is 7.41. The van der Waals surface area contributed by atoms with Gasteiger partial charge in [-0.3, -0.25) is 10.1 Å². The van der Waals surface area contributed by atoms with E-state index in [9.17, 15) is 22.4 Å². The van der Waals surface area contributed by atoms with E-state index in [1.165, 1.54) is 25.1 Å². The van der Waals surface area contributed by atoms with E-state index < -0.39 is 23.2 Å². The van der Waals surface area contributed by atoms with Crippen molar-refractivity contribution in [2.24, 2.45) is 11.0 Å². The molecule has 6 nitrogen and oxygen atoms in total. The van der Waals surface area contributed by atoms with Crippen molar-refractivity contribution in [3.63, 3.8) is 0 Å². The van der Waals surface area contributed by atoms with Crippen LogP contribution in [-0.4, -0.2) is 22.5 Å². The first kappa shape index (κ1) is 23.7. The second kappa shape index (κ2) is 9.27. The highest BCUT2D eigenvalue weighted by Crippen LogP contribution is 2.35. The Hall–Kier alpha value is -2.95. The van der Waals surface area contributed by atoms with Gasteiger partial charge in [0.15, 0.2) is 0 Å². The molecule has 0 bridgehead atoms. The van der Waals surface area contributed by atoms with Crippen LogP contribution in [-0.2, 0) is 11.2 Å². The van der Waals surface area contributed by atoms with Crippen LogP contribution in [0.3, 0.4) is 0 Å². The van der Waals surface area contributed by atoms with Gasteiger partial charge >= 0.3 is 11.5 Å². The van der Waals surface area contributed by atoms with Crippen LogP contribution in [0.1, 0.15) is 31.9 Å². The second-order valence-corrected chi connectivity index (χ2v) is 8.58. The summed E-state index contributed by atoms with van der Waals surface area (Å²) in [5.41, 5.74) is 3.76. The Morgan fingerprint density at radius 1 is 1.19 bits per heavy atom. The fraction of sp³-hybridized carbons (Fsp3) is 0.333. The van der Waals surface area contributed by atoms with Crippen LogP contribution in [0.25, 0.3) is 0 Å². The number of rotatable bonds is 7. The lowest BCUT2D eigenvalue weighted by Crippen LogP contribution is -2.56. The van der Waals surface area contributed by atoms with Gasteiger partial charge in [0.2, 0.25) is 5.91 Å². The highest BCUT2D eigenvalue weighted by Gasteiger charge is 2.42. The molecule has 11 heteroatoms. The van der Waals surface area contributed by atoms with Gasteiger partial charge in [-0.1, -0.05) is 26.0 Å². The summed E-state index contributed by atoms with van der Waals surface area (Å²) in [5.74, 6) is -0.885. The molecule has 0 saturated heterocycles. The summed E-state index contributed by atoms with van der Waals surface area (Å²) < 4.78 is 61.3. The number of thioether (sulfide) groups is 1. The molecule has 32 heavy (non-hydrogen) atoms. The Labute approximate surface area is 186 Å².